The molecule has 0 fully saturated rings. The molecule has 14 heavy (non-hydrogen) atoms. The molecule has 2 heteroatoms. The molecule has 2 nitrogen and oxygen atoms in total. The first-order valence-electron chi connectivity index (χ1n) is 4.66. The molecule has 0 amide bonds. The van der Waals surface area contributed by atoms with Gasteiger partial charge in [0.1, 0.15) is 0 Å². The van der Waals surface area contributed by atoms with Crippen LogP contribution < -0.4 is 0 Å². The van der Waals surface area contributed by atoms with Gasteiger partial charge in [-0.15, -0.1) is 0 Å². The third-order valence-electron chi connectivity index (χ3n) is 2.41. The summed E-state index contributed by atoms with van der Waals surface area (Å²) in [6.45, 7) is 2.09. The number of aromatic amines is 1. The maximum Gasteiger partial charge on any atom is 0.0618 e. The van der Waals surface area contributed by atoms with Crippen LogP contribution >= 0.6 is 0 Å². The third-order valence-corrected chi connectivity index (χ3v) is 2.41. The first kappa shape index (κ1) is 9.03. The van der Waals surface area contributed by atoms with Gasteiger partial charge in [0.15, 0.2) is 0 Å². The Morgan fingerprint density at radius 2 is 2.29 bits per heavy atom. The Hall–Kier alpha value is -1.54. The predicted molar refractivity (Wildman–Crippen MR) is 59.0 cm³/mol. The van der Waals surface area contributed by atoms with Crippen molar-refractivity contribution in [1.82, 2.24) is 4.98 Å². The average molecular weight is 187 g/mol. The van der Waals surface area contributed by atoms with Crippen LogP contribution in [0.2, 0.25) is 0 Å². The van der Waals surface area contributed by atoms with Crippen molar-refractivity contribution in [3.05, 3.63) is 42.1 Å². The zero-order valence-electron chi connectivity index (χ0n) is 8.12. The zero-order chi connectivity index (χ0) is 9.97. The van der Waals surface area contributed by atoms with Gasteiger partial charge >= 0.3 is 0 Å². The highest BCUT2D eigenvalue weighted by Gasteiger charge is 1.98. The molecule has 2 aromatic rings. The number of nitrogens with one attached hydrogen (secondary N) is 1. The van der Waals surface area contributed by atoms with E-state index in [9.17, 15) is 0 Å². The van der Waals surface area contributed by atoms with Crippen molar-refractivity contribution >= 4 is 16.5 Å². The summed E-state index contributed by atoms with van der Waals surface area (Å²) >= 11 is 0. The Morgan fingerprint density at radius 3 is 3.07 bits per heavy atom. The Balaban J connectivity index is 2.48. The monoisotopic (exact) mass is 187 g/mol. The molecule has 0 aliphatic heterocycles. The van der Waals surface area contributed by atoms with Gasteiger partial charge < -0.3 is 10.1 Å². The lowest BCUT2D eigenvalue weighted by atomic mass is 10.1. The first-order valence-corrected chi connectivity index (χ1v) is 4.66. The van der Waals surface area contributed by atoms with Gasteiger partial charge in [0.05, 0.1) is 6.61 Å². The summed E-state index contributed by atoms with van der Waals surface area (Å²) in [7, 11) is 0. The molecule has 2 rings (SSSR count). The summed E-state index contributed by atoms with van der Waals surface area (Å²) in [6, 6.07) is 8.29. The minimum Gasteiger partial charge on any atom is -0.392 e. The van der Waals surface area contributed by atoms with E-state index < -0.39 is 0 Å². The van der Waals surface area contributed by atoms with Crippen LogP contribution in [0.15, 0.2) is 36.5 Å². The van der Waals surface area contributed by atoms with Crippen LogP contribution in [0.4, 0.5) is 0 Å². The average Bonchev–Trinajstić information content (AvgIpc) is 2.64. The van der Waals surface area contributed by atoms with Crippen LogP contribution in [0, 0.1) is 0 Å². The van der Waals surface area contributed by atoms with E-state index in [2.05, 4.69) is 23.2 Å². The number of benzene rings is 1. The van der Waals surface area contributed by atoms with Crippen molar-refractivity contribution in [2.75, 3.05) is 6.61 Å². The standard InChI is InChI=1S/C12H13NO/c1-9(5-7-14)11-3-2-10-4-6-13-12(10)8-11/h2-6,8,13-14H,7H2,1H3/b9-5+. The molecule has 72 valence electrons. The fourth-order valence-electron chi connectivity index (χ4n) is 1.55. The molecule has 2 N–H and O–H groups in total. The highest BCUT2D eigenvalue weighted by atomic mass is 16.2. The lowest BCUT2D eigenvalue weighted by molar-refractivity contribution is 0.343. The first-order chi connectivity index (χ1) is 6.81. The minimum atomic E-state index is 0.0919. The minimum absolute atomic E-state index is 0.0919. The van der Waals surface area contributed by atoms with Crippen LogP contribution in [0.5, 0.6) is 0 Å². The van der Waals surface area contributed by atoms with E-state index in [0.717, 1.165) is 16.7 Å². The Morgan fingerprint density at radius 1 is 1.43 bits per heavy atom. The molecule has 0 saturated heterocycles. The summed E-state index contributed by atoms with van der Waals surface area (Å²) < 4.78 is 0. The van der Waals surface area contributed by atoms with Gasteiger partial charge in [-0.25, -0.2) is 0 Å². The van der Waals surface area contributed by atoms with Gasteiger partial charge in [0.2, 0.25) is 0 Å². The summed E-state index contributed by atoms with van der Waals surface area (Å²) in [5.41, 5.74) is 3.38. The van der Waals surface area contributed by atoms with Crippen molar-refractivity contribution in [1.29, 1.82) is 0 Å². The van der Waals surface area contributed by atoms with Crippen LogP contribution in [0.25, 0.3) is 16.5 Å². The molecule has 0 radical (unpaired) electrons. The number of hydrogen-bond acceptors (Lipinski definition) is 1. The van der Waals surface area contributed by atoms with Gasteiger partial charge in [-0.1, -0.05) is 18.2 Å². The number of allylic oxidation sites excluding steroid dienone is 1. The maximum absolute atomic E-state index is 8.79. The smallest absolute Gasteiger partial charge is 0.0618 e. The second-order valence-corrected chi connectivity index (χ2v) is 3.35. The van der Waals surface area contributed by atoms with Crippen molar-refractivity contribution in [3.8, 4) is 0 Å². The van der Waals surface area contributed by atoms with Crippen molar-refractivity contribution in [2.24, 2.45) is 0 Å². The third kappa shape index (κ3) is 1.56. The highest BCUT2D eigenvalue weighted by molar-refractivity contribution is 5.83. The van der Waals surface area contributed by atoms with Crippen molar-refractivity contribution in [3.63, 3.8) is 0 Å². The van der Waals surface area contributed by atoms with E-state index in [1.165, 1.54) is 5.39 Å². The number of hydrogen-bond donors (Lipinski definition) is 2. The van der Waals surface area contributed by atoms with Crippen LogP contribution in [0.1, 0.15) is 12.5 Å². The molecular formula is C12H13NO. The molecule has 0 bridgehead atoms. The second kappa shape index (κ2) is 3.68. The number of H-pyrrole nitrogens is 1. The number of aliphatic hydroxyl groups excluding tert-OH is 1. The number of aliphatic hydroxyl groups is 1. The molecule has 0 spiro atoms. The fraction of sp³-hybridized carbons (Fsp3) is 0.167. The molecular weight excluding hydrogens is 174 g/mol. The highest BCUT2D eigenvalue weighted by Crippen LogP contribution is 2.19. The topological polar surface area (TPSA) is 36.0 Å². The molecule has 1 aromatic carbocycles. The second-order valence-electron chi connectivity index (χ2n) is 3.35. The lowest BCUT2D eigenvalue weighted by Crippen LogP contribution is -1.82. The quantitative estimate of drug-likeness (QED) is 0.744. The van der Waals surface area contributed by atoms with E-state index in [1.54, 1.807) is 0 Å². The van der Waals surface area contributed by atoms with Gasteiger partial charge in [-0.3, -0.25) is 0 Å². The van der Waals surface area contributed by atoms with E-state index in [1.807, 2.05) is 25.3 Å². The summed E-state index contributed by atoms with van der Waals surface area (Å²) in [5.74, 6) is 0. The van der Waals surface area contributed by atoms with Gasteiger partial charge in [0, 0.05) is 11.7 Å². The summed E-state index contributed by atoms with van der Waals surface area (Å²) in [6.07, 6.45) is 3.74. The van der Waals surface area contributed by atoms with E-state index in [0.29, 0.717) is 0 Å². The van der Waals surface area contributed by atoms with E-state index >= 15 is 0 Å². The van der Waals surface area contributed by atoms with Gasteiger partial charge in [-0.05, 0) is 35.6 Å². The zero-order valence-corrected chi connectivity index (χ0v) is 8.12. The molecule has 0 unspecified atom stereocenters. The summed E-state index contributed by atoms with van der Waals surface area (Å²) in [4.78, 5) is 3.17. The van der Waals surface area contributed by atoms with Crippen molar-refractivity contribution < 1.29 is 5.11 Å². The number of rotatable bonds is 2. The molecule has 1 heterocycles. The van der Waals surface area contributed by atoms with Gasteiger partial charge in [-0.2, -0.15) is 0 Å². The van der Waals surface area contributed by atoms with Crippen LogP contribution in [-0.2, 0) is 0 Å². The van der Waals surface area contributed by atoms with E-state index in [4.69, 9.17) is 5.11 Å². The number of fused-ring (bicyclic) bond motifs is 1. The molecule has 0 saturated carbocycles. The van der Waals surface area contributed by atoms with Gasteiger partial charge in [0.25, 0.3) is 0 Å². The lowest BCUT2D eigenvalue weighted by Gasteiger charge is -2.01. The predicted octanol–water partition coefficient (Wildman–Crippen LogP) is 2.56. The molecule has 1 aromatic heterocycles. The largest absolute Gasteiger partial charge is 0.392 e. The SMILES string of the molecule is C/C(=C\CO)c1ccc2cc[nH]c2c1. The fourth-order valence-corrected chi connectivity index (χ4v) is 1.55. The van der Waals surface area contributed by atoms with E-state index in [-0.39, 0.29) is 6.61 Å². The number of aromatic nitrogens is 1. The van der Waals surface area contributed by atoms with Crippen LogP contribution in [0.3, 0.4) is 0 Å². The molecule has 0 aliphatic carbocycles. The molecule has 0 aliphatic rings. The summed E-state index contributed by atoms with van der Waals surface area (Å²) in [5, 5.41) is 10.0. The normalized spacial score (nSPS) is 12.3. The van der Waals surface area contributed by atoms with Crippen molar-refractivity contribution in [2.45, 2.75) is 6.92 Å². The Labute approximate surface area is 82.9 Å². The Kier molecular flexibility index (Phi) is 2.37. The molecule has 0 atom stereocenters. The Bertz CT molecular complexity index is 468. The van der Waals surface area contributed by atoms with Crippen LogP contribution in [-0.4, -0.2) is 16.7 Å². The maximum atomic E-state index is 8.79.